The molecule has 2 aromatic rings. The molecule has 0 amide bonds. The number of aldehydes is 1. The van der Waals surface area contributed by atoms with E-state index in [4.69, 9.17) is 78.9 Å². The minimum atomic E-state index is -0.817. The summed E-state index contributed by atoms with van der Waals surface area (Å²) in [7, 11) is 0. The standard InChI is InChI=1S/C18H27N3O7.C11H13N3O3.C7H16O5/c19-21-20-5-7-23-11-12-26-16-3-1-15(2-4-16)18-27-14-17(28-18)13-25-10-9-24-8-6-22;12-14-13-5-6-16-7-8-17-11-3-1-10(9-15)2-4-11;8-1-2-11-3-4-12-6-7(10)5-9/h1-4,17-18,22H,5-14H2;1-4,9H,5-8H2;7-10H,1-6H2. The van der Waals surface area contributed by atoms with Gasteiger partial charge >= 0.3 is 0 Å². The predicted molar refractivity (Wildman–Crippen MR) is 203 cm³/mol. The summed E-state index contributed by atoms with van der Waals surface area (Å²) in [4.78, 5) is 15.7. The van der Waals surface area contributed by atoms with Crippen molar-refractivity contribution in [2.75, 3.05) is 132 Å². The fraction of sp³-hybridized carbons (Fsp3) is 0.639. The van der Waals surface area contributed by atoms with Gasteiger partial charge in [0.05, 0.1) is 106 Å². The first-order chi connectivity index (χ1) is 28.0. The lowest BCUT2D eigenvalue weighted by Crippen LogP contribution is -2.20. The van der Waals surface area contributed by atoms with Crippen molar-refractivity contribution in [2.45, 2.75) is 18.5 Å². The molecule has 1 aliphatic rings. The topological polar surface area (TPSA) is 288 Å². The summed E-state index contributed by atoms with van der Waals surface area (Å²) in [6.45, 7) is 6.05. The van der Waals surface area contributed by atoms with E-state index in [1.807, 2.05) is 24.3 Å². The summed E-state index contributed by atoms with van der Waals surface area (Å²) >= 11 is 0. The van der Waals surface area contributed by atoms with Gasteiger partial charge in [-0.05, 0) is 47.5 Å². The van der Waals surface area contributed by atoms with E-state index in [9.17, 15) is 4.79 Å². The number of hydrogen-bond donors (Lipinski definition) is 4. The minimum absolute atomic E-state index is 0.000729. The molecule has 0 saturated carbocycles. The van der Waals surface area contributed by atoms with Crippen molar-refractivity contribution in [3.8, 4) is 11.5 Å². The first kappa shape index (κ1) is 50.9. The largest absolute Gasteiger partial charge is 0.491 e. The molecule has 1 saturated heterocycles. The summed E-state index contributed by atoms with van der Waals surface area (Å²) in [5.41, 5.74) is 17.7. The van der Waals surface area contributed by atoms with Gasteiger partial charge in [-0.15, -0.1) is 0 Å². The van der Waals surface area contributed by atoms with Gasteiger partial charge in [0.2, 0.25) is 0 Å². The first-order valence-electron chi connectivity index (χ1n) is 18.2. The Labute approximate surface area is 331 Å². The van der Waals surface area contributed by atoms with E-state index in [1.54, 1.807) is 24.3 Å². The zero-order valence-corrected chi connectivity index (χ0v) is 32.0. The monoisotopic (exact) mass is 812 g/mol. The zero-order valence-electron chi connectivity index (χ0n) is 32.0. The van der Waals surface area contributed by atoms with E-state index in [1.165, 1.54) is 0 Å². The Balaban J connectivity index is 0.000000476. The van der Waals surface area contributed by atoms with E-state index in [0.29, 0.717) is 117 Å². The second kappa shape index (κ2) is 37.4. The van der Waals surface area contributed by atoms with Gasteiger partial charge in [0.1, 0.15) is 43.2 Å². The summed E-state index contributed by atoms with van der Waals surface area (Å²) in [5.74, 6) is 1.41. The summed E-state index contributed by atoms with van der Waals surface area (Å²) in [5, 5.41) is 40.8. The fourth-order valence-corrected chi connectivity index (χ4v) is 4.07. The maximum absolute atomic E-state index is 10.4. The Hall–Kier alpha value is -4.15. The van der Waals surface area contributed by atoms with Crippen molar-refractivity contribution in [3.63, 3.8) is 0 Å². The highest BCUT2D eigenvalue weighted by atomic mass is 16.7. The summed E-state index contributed by atoms with van der Waals surface area (Å²) in [6, 6.07) is 14.3. The normalized spacial score (nSPS) is 14.8. The molecule has 0 radical (unpaired) electrons. The molecule has 1 aliphatic heterocycles. The number of nitrogens with zero attached hydrogens (tertiary/aromatic N) is 6. The van der Waals surface area contributed by atoms with Gasteiger partial charge in [-0.2, -0.15) is 0 Å². The number of carbonyl (C=O) groups is 1. The van der Waals surface area contributed by atoms with Crippen molar-refractivity contribution in [1.82, 2.24) is 0 Å². The van der Waals surface area contributed by atoms with Crippen LogP contribution in [0.3, 0.4) is 0 Å². The number of rotatable bonds is 31. The highest BCUT2D eigenvalue weighted by Gasteiger charge is 2.27. The van der Waals surface area contributed by atoms with Gasteiger partial charge in [-0.25, -0.2) is 0 Å². The summed E-state index contributed by atoms with van der Waals surface area (Å²) < 4.78 is 53.3. The van der Waals surface area contributed by atoms with Crippen LogP contribution in [0.25, 0.3) is 20.9 Å². The molecule has 3 rings (SSSR count). The second-order valence-electron chi connectivity index (χ2n) is 11.2. The van der Waals surface area contributed by atoms with E-state index in [2.05, 4.69) is 20.1 Å². The number of ether oxygens (including phenoxy) is 10. The molecule has 1 heterocycles. The lowest BCUT2D eigenvalue weighted by molar-refractivity contribution is -0.0768. The molecule has 0 aliphatic carbocycles. The van der Waals surface area contributed by atoms with Gasteiger partial charge in [0.15, 0.2) is 6.29 Å². The Morgan fingerprint density at radius 2 is 1.18 bits per heavy atom. The molecular formula is C36H56N6O15. The Morgan fingerprint density at radius 3 is 1.68 bits per heavy atom. The van der Waals surface area contributed by atoms with Crippen LogP contribution in [-0.4, -0.2) is 171 Å². The van der Waals surface area contributed by atoms with E-state index >= 15 is 0 Å². The zero-order chi connectivity index (χ0) is 41.4. The van der Waals surface area contributed by atoms with Crippen LogP contribution in [0.15, 0.2) is 58.8 Å². The molecule has 21 nitrogen and oxygen atoms in total. The number of aliphatic hydroxyl groups excluding tert-OH is 4. The van der Waals surface area contributed by atoms with Gasteiger partial charge in [-0.3, -0.25) is 4.79 Å². The highest BCUT2D eigenvalue weighted by molar-refractivity contribution is 5.74. The molecule has 3 atom stereocenters. The third-order valence-electron chi connectivity index (χ3n) is 6.75. The molecule has 3 unspecified atom stereocenters. The maximum atomic E-state index is 10.4. The lowest BCUT2D eigenvalue weighted by atomic mass is 10.2. The van der Waals surface area contributed by atoms with E-state index < -0.39 is 12.4 Å². The molecule has 0 spiro atoms. The highest BCUT2D eigenvalue weighted by Crippen LogP contribution is 2.28. The quantitative estimate of drug-likeness (QED) is 0.0280. The predicted octanol–water partition coefficient (Wildman–Crippen LogP) is 2.40. The van der Waals surface area contributed by atoms with Crippen molar-refractivity contribution >= 4 is 6.29 Å². The first-order valence-corrected chi connectivity index (χ1v) is 18.2. The van der Waals surface area contributed by atoms with Crippen LogP contribution in [-0.2, 0) is 37.9 Å². The van der Waals surface area contributed by atoms with Crippen LogP contribution in [0, 0.1) is 0 Å². The third-order valence-corrected chi connectivity index (χ3v) is 6.75. The van der Waals surface area contributed by atoms with Crippen LogP contribution in [0.4, 0.5) is 0 Å². The molecule has 4 N–H and O–H groups in total. The number of hydrogen-bond acceptors (Lipinski definition) is 17. The lowest BCUT2D eigenvalue weighted by Gasteiger charge is -2.13. The van der Waals surface area contributed by atoms with Crippen LogP contribution in [0.5, 0.6) is 11.5 Å². The fourth-order valence-electron chi connectivity index (χ4n) is 4.07. The third kappa shape index (κ3) is 28.8. The van der Waals surface area contributed by atoms with Gasteiger partial charge in [0.25, 0.3) is 0 Å². The average Bonchev–Trinajstić information content (AvgIpc) is 3.72. The number of benzene rings is 2. The van der Waals surface area contributed by atoms with E-state index in [0.717, 1.165) is 17.6 Å². The van der Waals surface area contributed by atoms with Crippen molar-refractivity contribution in [2.24, 2.45) is 10.2 Å². The molecule has 21 heteroatoms. The Morgan fingerprint density at radius 1 is 0.684 bits per heavy atom. The van der Waals surface area contributed by atoms with Gasteiger partial charge in [-0.1, -0.05) is 22.4 Å². The molecule has 57 heavy (non-hydrogen) atoms. The minimum Gasteiger partial charge on any atom is -0.491 e. The maximum Gasteiger partial charge on any atom is 0.184 e. The molecule has 2 aromatic carbocycles. The van der Waals surface area contributed by atoms with Crippen molar-refractivity contribution in [3.05, 3.63) is 80.5 Å². The van der Waals surface area contributed by atoms with Gasteiger partial charge in [0, 0.05) is 34.0 Å². The SMILES string of the molecule is OCCOCCOCC(O)CO.[N-]=[N+]=NCCOCCOc1ccc(C2OCC(COCCOCCO)O2)cc1.[N-]=[N+]=NCCOCCOc1ccc(C=O)cc1. The average molecular weight is 813 g/mol. The van der Waals surface area contributed by atoms with Crippen molar-refractivity contribution < 1.29 is 72.6 Å². The van der Waals surface area contributed by atoms with Crippen LogP contribution in [0.2, 0.25) is 0 Å². The molecule has 0 bridgehead atoms. The van der Waals surface area contributed by atoms with Crippen LogP contribution in [0.1, 0.15) is 22.2 Å². The number of carbonyl (C=O) groups excluding carboxylic acids is 1. The van der Waals surface area contributed by atoms with E-state index in [-0.39, 0.29) is 32.5 Å². The van der Waals surface area contributed by atoms with Crippen LogP contribution < -0.4 is 9.47 Å². The molecule has 0 aromatic heterocycles. The van der Waals surface area contributed by atoms with Crippen LogP contribution >= 0.6 is 0 Å². The Bertz CT molecular complexity index is 1340. The Kier molecular flexibility index (Phi) is 33.4. The number of aliphatic hydroxyl groups is 4. The summed E-state index contributed by atoms with van der Waals surface area (Å²) in [6.07, 6.45) is -0.579. The molecule has 320 valence electrons. The molecular weight excluding hydrogens is 756 g/mol. The van der Waals surface area contributed by atoms with Gasteiger partial charge < -0.3 is 67.8 Å². The smallest absolute Gasteiger partial charge is 0.184 e. The van der Waals surface area contributed by atoms with Crippen molar-refractivity contribution in [1.29, 1.82) is 0 Å². The number of azide groups is 2. The molecule has 1 fully saturated rings. The second-order valence-corrected chi connectivity index (χ2v) is 11.2.